The average molecular weight is 288 g/mol. The number of nitrogens with one attached hydrogen (secondary N) is 1. The Labute approximate surface area is 132 Å². The summed E-state index contributed by atoms with van der Waals surface area (Å²) in [5.74, 6) is 2.61. The van der Waals surface area contributed by atoms with Gasteiger partial charge in [-0.05, 0) is 25.0 Å². The van der Waals surface area contributed by atoms with Crippen molar-refractivity contribution in [1.29, 1.82) is 5.41 Å². The Morgan fingerprint density at radius 2 is 1.41 bits per heavy atom. The van der Waals surface area contributed by atoms with Gasteiger partial charge in [-0.1, -0.05) is 59.7 Å². The third-order valence-corrected chi connectivity index (χ3v) is 3.61. The van der Waals surface area contributed by atoms with Gasteiger partial charge in [0, 0.05) is 17.7 Å². The molecule has 0 unspecified atom stereocenters. The van der Waals surface area contributed by atoms with E-state index in [1.54, 1.807) is 0 Å². The van der Waals surface area contributed by atoms with E-state index in [1.165, 1.54) is 5.56 Å². The van der Waals surface area contributed by atoms with Gasteiger partial charge in [-0.25, -0.2) is 0 Å². The SMILES string of the molecule is C#CC/C(C(=N)c1ccc(C)cc1)=C(/N)c1ccc(C)cc1. The van der Waals surface area contributed by atoms with Crippen molar-refractivity contribution >= 4 is 11.4 Å². The largest absolute Gasteiger partial charge is 0.398 e. The van der Waals surface area contributed by atoms with Crippen molar-refractivity contribution < 1.29 is 0 Å². The average Bonchev–Trinajstić information content (AvgIpc) is 2.53. The van der Waals surface area contributed by atoms with Crippen molar-refractivity contribution in [2.24, 2.45) is 5.73 Å². The Morgan fingerprint density at radius 3 is 1.86 bits per heavy atom. The van der Waals surface area contributed by atoms with Gasteiger partial charge in [0.15, 0.2) is 0 Å². The third-order valence-electron chi connectivity index (χ3n) is 3.61. The third kappa shape index (κ3) is 3.45. The highest BCUT2D eigenvalue weighted by Crippen LogP contribution is 2.21. The fraction of sp³-hybridized carbons (Fsp3) is 0.150. The van der Waals surface area contributed by atoms with E-state index in [2.05, 4.69) is 5.92 Å². The van der Waals surface area contributed by atoms with Gasteiger partial charge in [0.1, 0.15) is 0 Å². The Balaban J connectivity index is 2.46. The lowest BCUT2D eigenvalue weighted by Crippen LogP contribution is -2.11. The zero-order valence-corrected chi connectivity index (χ0v) is 13.0. The first kappa shape index (κ1) is 15.6. The summed E-state index contributed by atoms with van der Waals surface area (Å²) in [7, 11) is 0. The fourth-order valence-corrected chi connectivity index (χ4v) is 2.22. The molecule has 0 spiro atoms. The summed E-state index contributed by atoms with van der Waals surface area (Å²) in [6.45, 7) is 4.05. The van der Waals surface area contributed by atoms with Gasteiger partial charge in [0.2, 0.25) is 0 Å². The quantitative estimate of drug-likeness (QED) is 0.647. The molecule has 110 valence electrons. The Hall–Kier alpha value is -2.79. The lowest BCUT2D eigenvalue weighted by atomic mass is 9.95. The lowest BCUT2D eigenvalue weighted by Gasteiger charge is -2.12. The molecule has 0 heterocycles. The molecule has 0 amide bonds. The van der Waals surface area contributed by atoms with Crippen molar-refractivity contribution in [3.05, 3.63) is 76.4 Å². The Morgan fingerprint density at radius 1 is 0.955 bits per heavy atom. The van der Waals surface area contributed by atoms with Crippen molar-refractivity contribution in [3.8, 4) is 12.3 Å². The molecule has 0 atom stereocenters. The van der Waals surface area contributed by atoms with Crippen molar-refractivity contribution in [3.63, 3.8) is 0 Å². The maximum atomic E-state index is 8.45. The second-order valence-corrected chi connectivity index (χ2v) is 5.38. The van der Waals surface area contributed by atoms with E-state index in [-0.39, 0.29) is 0 Å². The summed E-state index contributed by atoms with van der Waals surface area (Å²) in [5.41, 5.74) is 12.0. The Bertz CT molecular complexity index is 742. The highest BCUT2D eigenvalue weighted by Gasteiger charge is 2.12. The first-order valence-corrected chi connectivity index (χ1v) is 7.18. The van der Waals surface area contributed by atoms with Crippen molar-refractivity contribution in [2.45, 2.75) is 20.3 Å². The molecule has 0 aliphatic carbocycles. The number of terminal acetylenes is 1. The van der Waals surface area contributed by atoms with Gasteiger partial charge in [-0.3, -0.25) is 5.41 Å². The van der Waals surface area contributed by atoms with Crippen LogP contribution in [0.2, 0.25) is 0 Å². The molecule has 2 aromatic rings. The minimum absolute atomic E-state index is 0.340. The summed E-state index contributed by atoms with van der Waals surface area (Å²) in [5, 5.41) is 8.45. The van der Waals surface area contributed by atoms with Crippen LogP contribution in [0.3, 0.4) is 0 Å². The molecule has 0 fully saturated rings. The van der Waals surface area contributed by atoms with Gasteiger partial charge >= 0.3 is 0 Å². The highest BCUT2D eigenvalue weighted by atomic mass is 14.6. The second kappa shape index (κ2) is 6.78. The van der Waals surface area contributed by atoms with Gasteiger partial charge < -0.3 is 5.73 Å². The molecule has 0 saturated heterocycles. The molecular formula is C20H20N2. The molecule has 2 nitrogen and oxygen atoms in total. The normalized spacial score (nSPS) is 11.5. The number of nitrogens with two attached hydrogens (primary N) is 1. The van der Waals surface area contributed by atoms with Crippen LogP contribution in [-0.2, 0) is 0 Å². The summed E-state index contributed by atoms with van der Waals surface area (Å²) < 4.78 is 0. The van der Waals surface area contributed by atoms with Crippen molar-refractivity contribution in [1.82, 2.24) is 0 Å². The minimum Gasteiger partial charge on any atom is -0.398 e. The zero-order valence-electron chi connectivity index (χ0n) is 13.0. The lowest BCUT2D eigenvalue weighted by molar-refractivity contribution is 1.30. The molecule has 0 aliphatic rings. The van der Waals surface area contributed by atoms with Gasteiger partial charge in [0.05, 0.1) is 5.71 Å². The molecule has 2 rings (SSSR count). The van der Waals surface area contributed by atoms with Crippen LogP contribution in [0.15, 0.2) is 54.1 Å². The van der Waals surface area contributed by atoms with Crippen LogP contribution in [0.4, 0.5) is 0 Å². The summed E-state index contributed by atoms with van der Waals surface area (Å²) in [4.78, 5) is 0. The maximum Gasteiger partial charge on any atom is 0.0674 e. The smallest absolute Gasteiger partial charge is 0.0674 e. The van der Waals surface area contributed by atoms with E-state index in [9.17, 15) is 0 Å². The van der Waals surface area contributed by atoms with Crippen LogP contribution in [-0.4, -0.2) is 5.71 Å². The number of rotatable bonds is 4. The van der Waals surface area contributed by atoms with E-state index in [0.717, 1.165) is 16.7 Å². The highest BCUT2D eigenvalue weighted by molar-refractivity contribution is 6.14. The second-order valence-electron chi connectivity index (χ2n) is 5.38. The van der Waals surface area contributed by atoms with Crippen LogP contribution >= 0.6 is 0 Å². The first-order chi connectivity index (χ1) is 10.5. The molecule has 22 heavy (non-hydrogen) atoms. The molecule has 3 N–H and O–H groups in total. The van der Waals surface area contributed by atoms with Gasteiger partial charge in [-0.15, -0.1) is 12.3 Å². The molecule has 0 aromatic heterocycles. The molecule has 0 aliphatic heterocycles. The monoisotopic (exact) mass is 288 g/mol. The van der Waals surface area contributed by atoms with E-state index >= 15 is 0 Å². The van der Waals surface area contributed by atoms with Gasteiger partial charge in [-0.2, -0.15) is 0 Å². The number of hydrogen-bond donors (Lipinski definition) is 2. The van der Waals surface area contributed by atoms with Crippen LogP contribution in [0.25, 0.3) is 5.70 Å². The number of benzene rings is 2. The van der Waals surface area contributed by atoms with E-state index in [4.69, 9.17) is 17.6 Å². The van der Waals surface area contributed by atoms with E-state index < -0.39 is 0 Å². The fourth-order valence-electron chi connectivity index (χ4n) is 2.22. The summed E-state index contributed by atoms with van der Waals surface area (Å²) >= 11 is 0. The van der Waals surface area contributed by atoms with E-state index in [0.29, 0.717) is 23.4 Å². The molecule has 2 aromatic carbocycles. The van der Waals surface area contributed by atoms with E-state index in [1.807, 2.05) is 62.4 Å². The van der Waals surface area contributed by atoms with Crippen LogP contribution < -0.4 is 5.73 Å². The predicted molar refractivity (Wildman–Crippen MR) is 93.7 cm³/mol. The van der Waals surface area contributed by atoms with Crippen LogP contribution in [0, 0.1) is 31.6 Å². The number of allylic oxidation sites excluding steroid dienone is 1. The van der Waals surface area contributed by atoms with Gasteiger partial charge in [0.25, 0.3) is 0 Å². The van der Waals surface area contributed by atoms with Crippen molar-refractivity contribution in [2.75, 3.05) is 0 Å². The Kier molecular flexibility index (Phi) is 4.80. The predicted octanol–water partition coefficient (Wildman–Crippen LogP) is 4.06. The molecule has 2 heteroatoms. The van der Waals surface area contributed by atoms with Crippen LogP contribution in [0.1, 0.15) is 28.7 Å². The summed E-state index contributed by atoms with van der Waals surface area (Å²) in [6.07, 6.45) is 5.81. The molecular weight excluding hydrogens is 268 g/mol. The standard InChI is InChI=1S/C20H20N2/c1-4-5-18(19(21)16-10-6-14(2)7-11-16)20(22)17-12-8-15(3)9-13-17/h1,6-13,21H,5,22H2,2-3H3/b20-18-,21-19?. The number of hydrogen-bond acceptors (Lipinski definition) is 2. The first-order valence-electron chi connectivity index (χ1n) is 7.18. The summed E-state index contributed by atoms with van der Waals surface area (Å²) in [6, 6.07) is 15.8. The molecule has 0 radical (unpaired) electrons. The van der Waals surface area contributed by atoms with Crippen LogP contribution in [0.5, 0.6) is 0 Å². The topological polar surface area (TPSA) is 49.9 Å². The zero-order chi connectivity index (χ0) is 16.1. The minimum atomic E-state index is 0.340. The maximum absolute atomic E-state index is 8.45. The number of aryl methyl sites for hydroxylation is 2. The molecule has 0 saturated carbocycles. The molecule has 0 bridgehead atoms.